The third kappa shape index (κ3) is 2.79. The first-order chi connectivity index (χ1) is 13.0. The standard InChI is InChI=1S/C25H22S2/c1-14-9-24(26-16(14)3)18-5-7-22-20(11-18)13-21-12-19(6-8-23(21)22)25-10-15(2)17(4)27-25/h5-12H,13H2,1-4H3. The number of rotatable bonds is 2. The number of benzene rings is 2. The van der Waals surface area contributed by atoms with Crippen molar-refractivity contribution in [1.29, 1.82) is 0 Å². The van der Waals surface area contributed by atoms with E-state index >= 15 is 0 Å². The minimum absolute atomic E-state index is 1.04. The fourth-order valence-electron chi connectivity index (χ4n) is 3.95. The van der Waals surface area contributed by atoms with E-state index in [9.17, 15) is 0 Å². The number of aryl methyl sites for hydroxylation is 4. The molecular weight excluding hydrogens is 364 g/mol. The largest absolute Gasteiger partial charge is 0.140 e. The third-order valence-electron chi connectivity index (χ3n) is 5.78. The van der Waals surface area contributed by atoms with Gasteiger partial charge in [0.1, 0.15) is 0 Å². The Morgan fingerprint density at radius 3 is 1.41 bits per heavy atom. The highest BCUT2D eigenvalue weighted by atomic mass is 32.1. The van der Waals surface area contributed by atoms with Crippen LogP contribution in [0.15, 0.2) is 48.5 Å². The average Bonchev–Trinajstić information content (AvgIpc) is 3.30. The first kappa shape index (κ1) is 17.0. The quantitative estimate of drug-likeness (QED) is 0.289. The molecule has 5 rings (SSSR count). The van der Waals surface area contributed by atoms with Gasteiger partial charge in [0.05, 0.1) is 0 Å². The molecule has 0 N–H and O–H groups in total. The molecule has 0 saturated carbocycles. The second-order valence-corrected chi connectivity index (χ2v) is 10.1. The van der Waals surface area contributed by atoms with Crippen molar-refractivity contribution in [1.82, 2.24) is 0 Å². The van der Waals surface area contributed by atoms with Crippen molar-refractivity contribution in [3.05, 3.63) is 80.5 Å². The molecule has 0 atom stereocenters. The van der Waals surface area contributed by atoms with Crippen molar-refractivity contribution in [3.8, 4) is 32.0 Å². The van der Waals surface area contributed by atoms with Gasteiger partial charge in [0.25, 0.3) is 0 Å². The number of hydrogen-bond acceptors (Lipinski definition) is 2. The van der Waals surface area contributed by atoms with Gasteiger partial charge in [0.15, 0.2) is 0 Å². The lowest BCUT2D eigenvalue weighted by Crippen LogP contribution is -1.82. The summed E-state index contributed by atoms with van der Waals surface area (Å²) in [6.07, 6.45) is 1.04. The van der Waals surface area contributed by atoms with Gasteiger partial charge in [-0.3, -0.25) is 0 Å². The Balaban J connectivity index is 1.53. The van der Waals surface area contributed by atoms with Crippen molar-refractivity contribution in [2.24, 2.45) is 0 Å². The van der Waals surface area contributed by atoms with Gasteiger partial charge in [0.2, 0.25) is 0 Å². The van der Waals surface area contributed by atoms with Gasteiger partial charge < -0.3 is 0 Å². The Bertz CT molecular complexity index is 1050. The second-order valence-electron chi connectivity index (χ2n) is 7.62. The van der Waals surface area contributed by atoms with Gasteiger partial charge in [-0.1, -0.05) is 24.3 Å². The zero-order chi connectivity index (χ0) is 18.7. The lowest BCUT2D eigenvalue weighted by molar-refractivity contribution is 1.26. The lowest BCUT2D eigenvalue weighted by atomic mass is 10.0. The molecule has 0 amide bonds. The van der Waals surface area contributed by atoms with Gasteiger partial charge in [-0.2, -0.15) is 0 Å². The van der Waals surface area contributed by atoms with Crippen LogP contribution in [0.1, 0.15) is 32.0 Å². The molecule has 0 aliphatic heterocycles. The molecule has 1 aliphatic rings. The van der Waals surface area contributed by atoms with E-state index in [4.69, 9.17) is 0 Å². The van der Waals surface area contributed by atoms with Crippen LogP contribution in [0.2, 0.25) is 0 Å². The Labute approximate surface area is 169 Å². The van der Waals surface area contributed by atoms with Crippen molar-refractivity contribution in [2.45, 2.75) is 34.1 Å². The molecule has 134 valence electrons. The van der Waals surface area contributed by atoms with Gasteiger partial charge >= 0.3 is 0 Å². The molecule has 0 bridgehead atoms. The monoisotopic (exact) mass is 386 g/mol. The van der Waals surface area contributed by atoms with Crippen LogP contribution in [-0.4, -0.2) is 0 Å². The van der Waals surface area contributed by atoms with E-state index in [1.54, 1.807) is 0 Å². The van der Waals surface area contributed by atoms with Gasteiger partial charge in [-0.05, 0) is 103 Å². The Morgan fingerprint density at radius 2 is 1.04 bits per heavy atom. The molecule has 0 saturated heterocycles. The minimum Gasteiger partial charge on any atom is -0.140 e. The summed E-state index contributed by atoms with van der Waals surface area (Å²) >= 11 is 3.80. The topological polar surface area (TPSA) is 0 Å². The van der Waals surface area contributed by atoms with E-state index in [0.717, 1.165) is 6.42 Å². The average molecular weight is 387 g/mol. The van der Waals surface area contributed by atoms with E-state index in [1.807, 2.05) is 22.7 Å². The molecule has 0 fully saturated rings. The zero-order valence-corrected chi connectivity index (χ0v) is 17.8. The summed E-state index contributed by atoms with van der Waals surface area (Å²) in [7, 11) is 0. The highest BCUT2D eigenvalue weighted by Crippen LogP contribution is 2.42. The minimum atomic E-state index is 1.04. The molecule has 27 heavy (non-hydrogen) atoms. The van der Waals surface area contributed by atoms with E-state index in [0.29, 0.717) is 0 Å². The maximum absolute atomic E-state index is 2.40. The molecule has 0 spiro atoms. The highest BCUT2D eigenvalue weighted by Gasteiger charge is 2.20. The summed E-state index contributed by atoms with van der Waals surface area (Å²) in [5.41, 5.74) is 11.2. The van der Waals surface area contributed by atoms with Crippen LogP contribution < -0.4 is 0 Å². The Kier molecular flexibility index (Phi) is 3.89. The molecule has 4 aromatic rings. The van der Waals surface area contributed by atoms with E-state index in [1.165, 1.54) is 64.0 Å². The second kappa shape index (κ2) is 6.19. The fraction of sp³-hybridized carbons (Fsp3) is 0.200. The fourth-order valence-corrected chi connectivity index (χ4v) is 6.01. The summed E-state index contributed by atoms with van der Waals surface area (Å²) < 4.78 is 0. The molecule has 1 aliphatic carbocycles. The maximum Gasteiger partial charge on any atom is 0.0348 e. The van der Waals surface area contributed by atoms with Crippen molar-refractivity contribution < 1.29 is 0 Å². The number of fused-ring (bicyclic) bond motifs is 3. The normalized spacial score (nSPS) is 12.3. The molecule has 0 radical (unpaired) electrons. The van der Waals surface area contributed by atoms with Crippen LogP contribution in [0, 0.1) is 27.7 Å². The molecule has 2 heterocycles. The van der Waals surface area contributed by atoms with Crippen LogP contribution in [0.3, 0.4) is 0 Å². The van der Waals surface area contributed by atoms with Crippen molar-refractivity contribution in [3.63, 3.8) is 0 Å². The van der Waals surface area contributed by atoms with Crippen molar-refractivity contribution in [2.75, 3.05) is 0 Å². The Morgan fingerprint density at radius 1 is 0.593 bits per heavy atom. The maximum atomic E-state index is 2.40. The number of thiophene rings is 2. The van der Waals surface area contributed by atoms with Gasteiger partial charge in [-0.25, -0.2) is 0 Å². The van der Waals surface area contributed by atoms with Gasteiger partial charge in [-0.15, -0.1) is 22.7 Å². The number of hydrogen-bond donors (Lipinski definition) is 0. The molecule has 2 aromatic carbocycles. The first-order valence-corrected chi connectivity index (χ1v) is 11.0. The predicted octanol–water partition coefficient (Wildman–Crippen LogP) is 7.95. The smallest absolute Gasteiger partial charge is 0.0348 e. The SMILES string of the molecule is Cc1cc(-c2ccc3c(c2)Cc2cc(-c4cc(C)c(C)s4)ccc2-3)sc1C. The zero-order valence-electron chi connectivity index (χ0n) is 16.1. The molecule has 0 nitrogen and oxygen atoms in total. The molecule has 0 unspecified atom stereocenters. The van der Waals surface area contributed by atoms with Crippen LogP contribution >= 0.6 is 22.7 Å². The summed E-state index contributed by atoms with van der Waals surface area (Å²) in [6.45, 7) is 8.83. The van der Waals surface area contributed by atoms with Crippen LogP contribution in [-0.2, 0) is 6.42 Å². The first-order valence-electron chi connectivity index (χ1n) is 9.40. The van der Waals surface area contributed by atoms with E-state index < -0.39 is 0 Å². The predicted molar refractivity (Wildman–Crippen MR) is 120 cm³/mol. The van der Waals surface area contributed by atoms with Crippen LogP contribution in [0.4, 0.5) is 0 Å². The van der Waals surface area contributed by atoms with Crippen LogP contribution in [0.25, 0.3) is 32.0 Å². The highest BCUT2D eigenvalue weighted by molar-refractivity contribution is 7.15. The van der Waals surface area contributed by atoms with E-state index in [-0.39, 0.29) is 0 Å². The molecule has 2 aromatic heterocycles. The molecule has 2 heteroatoms. The summed E-state index contributed by atoms with van der Waals surface area (Å²) in [5, 5.41) is 0. The lowest BCUT2D eigenvalue weighted by Gasteiger charge is -2.05. The Hall–Kier alpha value is -2.16. The van der Waals surface area contributed by atoms with Crippen molar-refractivity contribution >= 4 is 22.7 Å². The van der Waals surface area contributed by atoms with Gasteiger partial charge in [0, 0.05) is 19.5 Å². The third-order valence-corrected chi connectivity index (χ3v) is 8.19. The summed E-state index contributed by atoms with van der Waals surface area (Å²) in [4.78, 5) is 5.60. The summed E-state index contributed by atoms with van der Waals surface area (Å²) in [5.74, 6) is 0. The molecular formula is C25H22S2. The van der Waals surface area contributed by atoms with E-state index in [2.05, 4.69) is 76.2 Å². The summed E-state index contributed by atoms with van der Waals surface area (Å²) in [6, 6.07) is 18.7. The van der Waals surface area contributed by atoms with Crippen LogP contribution in [0.5, 0.6) is 0 Å².